The number of carbonyl (C=O) groups excluding carboxylic acids is 1. The summed E-state index contributed by atoms with van der Waals surface area (Å²) in [6.45, 7) is 3.92. The summed E-state index contributed by atoms with van der Waals surface area (Å²) in [4.78, 5) is 15.5. The molecular formula is C11H17N3O. The van der Waals surface area contributed by atoms with Gasteiger partial charge in [0.1, 0.15) is 0 Å². The summed E-state index contributed by atoms with van der Waals surface area (Å²) in [5.74, 6) is -0.145. The van der Waals surface area contributed by atoms with E-state index < -0.39 is 6.04 Å². The molecule has 0 saturated heterocycles. The molecular weight excluding hydrogens is 190 g/mol. The Kier molecular flexibility index (Phi) is 4.24. The van der Waals surface area contributed by atoms with E-state index in [1.807, 2.05) is 19.9 Å². The highest BCUT2D eigenvalue weighted by Crippen LogP contribution is 2.11. The Bertz CT molecular complexity index is 338. The van der Waals surface area contributed by atoms with E-state index in [2.05, 4.69) is 10.3 Å². The van der Waals surface area contributed by atoms with E-state index in [-0.39, 0.29) is 5.91 Å². The topological polar surface area (TPSA) is 68.0 Å². The zero-order valence-corrected chi connectivity index (χ0v) is 9.16. The van der Waals surface area contributed by atoms with Crippen LogP contribution in [-0.2, 0) is 4.79 Å². The lowest BCUT2D eigenvalue weighted by Crippen LogP contribution is -2.35. The number of rotatable bonds is 4. The number of aryl methyl sites for hydroxylation is 1. The molecule has 1 aromatic rings. The number of hydrogen-bond donors (Lipinski definition) is 2. The van der Waals surface area contributed by atoms with Crippen LogP contribution >= 0.6 is 0 Å². The molecule has 4 heteroatoms. The van der Waals surface area contributed by atoms with Gasteiger partial charge >= 0.3 is 0 Å². The van der Waals surface area contributed by atoms with E-state index in [9.17, 15) is 4.79 Å². The van der Waals surface area contributed by atoms with E-state index in [0.29, 0.717) is 6.42 Å². The van der Waals surface area contributed by atoms with Crippen LogP contribution < -0.4 is 11.1 Å². The molecule has 0 aromatic carbocycles. The van der Waals surface area contributed by atoms with E-state index >= 15 is 0 Å². The maximum Gasteiger partial charge on any atom is 0.241 e. The van der Waals surface area contributed by atoms with Gasteiger partial charge in [-0.05, 0) is 25.0 Å². The molecule has 1 atom stereocenters. The quantitative estimate of drug-likeness (QED) is 0.785. The lowest BCUT2D eigenvalue weighted by atomic mass is 10.1. The molecule has 15 heavy (non-hydrogen) atoms. The minimum atomic E-state index is -0.436. The van der Waals surface area contributed by atoms with Crippen LogP contribution in [-0.4, -0.2) is 16.9 Å². The Morgan fingerprint density at radius 1 is 1.67 bits per heavy atom. The predicted octanol–water partition coefficient (Wildman–Crippen LogP) is 1.46. The third-order valence-corrected chi connectivity index (χ3v) is 2.23. The summed E-state index contributed by atoms with van der Waals surface area (Å²) < 4.78 is 0. The lowest BCUT2D eigenvalue weighted by molar-refractivity contribution is -0.117. The first kappa shape index (κ1) is 11.7. The van der Waals surface area contributed by atoms with E-state index in [1.54, 1.807) is 12.4 Å². The number of carbonyl (C=O) groups is 1. The molecule has 0 fully saturated rings. The van der Waals surface area contributed by atoms with Crippen LogP contribution in [0.4, 0.5) is 5.69 Å². The van der Waals surface area contributed by atoms with Gasteiger partial charge in [0.15, 0.2) is 0 Å². The van der Waals surface area contributed by atoms with Crippen molar-refractivity contribution in [3.63, 3.8) is 0 Å². The van der Waals surface area contributed by atoms with Gasteiger partial charge in [-0.1, -0.05) is 13.3 Å². The van der Waals surface area contributed by atoms with Crippen molar-refractivity contribution in [2.45, 2.75) is 32.7 Å². The molecule has 3 N–H and O–H groups in total. The van der Waals surface area contributed by atoms with Crippen molar-refractivity contribution in [3.05, 3.63) is 24.0 Å². The van der Waals surface area contributed by atoms with Crippen LogP contribution in [0, 0.1) is 6.92 Å². The fourth-order valence-corrected chi connectivity index (χ4v) is 1.26. The summed E-state index contributed by atoms with van der Waals surface area (Å²) in [6, 6.07) is 1.41. The van der Waals surface area contributed by atoms with Crippen molar-refractivity contribution in [1.29, 1.82) is 0 Å². The fourth-order valence-electron chi connectivity index (χ4n) is 1.26. The molecule has 0 saturated carbocycles. The van der Waals surface area contributed by atoms with Crippen molar-refractivity contribution < 1.29 is 4.79 Å². The van der Waals surface area contributed by atoms with E-state index in [4.69, 9.17) is 5.73 Å². The highest BCUT2D eigenvalue weighted by Gasteiger charge is 2.12. The van der Waals surface area contributed by atoms with Crippen LogP contribution in [0.3, 0.4) is 0 Å². The number of hydrogen-bond acceptors (Lipinski definition) is 3. The van der Waals surface area contributed by atoms with Crippen LogP contribution in [0.1, 0.15) is 25.3 Å². The zero-order chi connectivity index (χ0) is 11.3. The third kappa shape index (κ3) is 3.32. The Hall–Kier alpha value is -1.42. The molecule has 1 amide bonds. The highest BCUT2D eigenvalue weighted by atomic mass is 16.2. The largest absolute Gasteiger partial charge is 0.323 e. The maximum atomic E-state index is 11.6. The van der Waals surface area contributed by atoms with E-state index in [0.717, 1.165) is 17.7 Å². The Balaban J connectivity index is 2.62. The molecule has 0 aliphatic carbocycles. The molecule has 82 valence electrons. The summed E-state index contributed by atoms with van der Waals surface area (Å²) >= 11 is 0. The van der Waals surface area contributed by atoms with Crippen molar-refractivity contribution in [1.82, 2.24) is 4.98 Å². The van der Waals surface area contributed by atoms with Gasteiger partial charge < -0.3 is 11.1 Å². The molecule has 1 aromatic heterocycles. The monoisotopic (exact) mass is 207 g/mol. The first-order valence-electron chi connectivity index (χ1n) is 5.12. The van der Waals surface area contributed by atoms with Gasteiger partial charge in [-0.15, -0.1) is 0 Å². The van der Waals surface area contributed by atoms with Crippen LogP contribution in [0.25, 0.3) is 0 Å². The van der Waals surface area contributed by atoms with Crippen molar-refractivity contribution in [2.24, 2.45) is 5.73 Å². The van der Waals surface area contributed by atoms with Gasteiger partial charge in [0.25, 0.3) is 0 Å². The highest BCUT2D eigenvalue weighted by molar-refractivity contribution is 5.95. The summed E-state index contributed by atoms with van der Waals surface area (Å²) in [5, 5.41) is 2.77. The van der Waals surface area contributed by atoms with Crippen molar-refractivity contribution in [2.75, 3.05) is 5.32 Å². The molecule has 1 unspecified atom stereocenters. The van der Waals surface area contributed by atoms with Gasteiger partial charge in [0.05, 0.1) is 17.9 Å². The first-order valence-corrected chi connectivity index (χ1v) is 5.12. The zero-order valence-electron chi connectivity index (χ0n) is 9.16. The number of nitrogens with one attached hydrogen (secondary N) is 1. The molecule has 1 heterocycles. The third-order valence-electron chi connectivity index (χ3n) is 2.23. The van der Waals surface area contributed by atoms with Gasteiger partial charge in [-0.2, -0.15) is 0 Å². The van der Waals surface area contributed by atoms with Gasteiger partial charge in [0, 0.05) is 6.20 Å². The Labute approximate surface area is 89.9 Å². The number of amides is 1. The lowest BCUT2D eigenvalue weighted by Gasteiger charge is -2.12. The number of pyridine rings is 1. The van der Waals surface area contributed by atoms with E-state index in [1.165, 1.54) is 0 Å². The predicted molar refractivity (Wildman–Crippen MR) is 60.5 cm³/mol. The summed E-state index contributed by atoms with van der Waals surface area (Å²) in [7, 11) is 0. The second kappa shape index (κ2) is 5.46. The van der Waals surface area contributed by atoms with Crippen LogP contribution in [0.2, 0.25) is 0 Å². The molecule has 4 nitrogen and oxygen atoms in total. The van der Waals surface area contributed by atoms with Gasteiger partial charge in [-0.25, -0.2) is 0 Å². The molecule has 0 bridgehead atoms. The minimum absolute atomic E-state index is 0.145. The summed E-state index contributed by atoms with van der Waals surface area (Å²) in [5.41, 5.74) is 7.41. The molecule has 0 radical (unpaired) electrons. The molecule has 1 rings (SSSR count). The second-order valence-electron chi connectivity index (χ2n) is 3.58. The molecule has 0 aliphatic rings. The normalized spacial score (nSPS) is 12.2. The van der Waals surface area contributed by atoms with Crippen LogP contribution in [0.5, 0.6) is 0 Å². The smallest absolute Gasteiger partial charge is 0.241 e. The SMILES string of the molecule is CCCC(N)C(=O)Nc1cnccc1C. The number of aromatic nitrogens is 1. The second-order valence-corrected chi connectivity index (χ2v) is 3.58. The van der Waals surface area contributed by atoms with Gasteiger partial charge in [0.2, 0.25) is 5.91 Å². The Morgan fingerprint density at radius 2 is 2.40 bits per heavy atom. The molecule has 0 aliphatic heterocycles. The fraction of sp³-hybridized carbons (Fsp3) is 0.455. The first-order chi connectivity index (χ1) is 7.15. The van der Waals surface area contributed by atoms with Crippen molar-refractivity contribution in [3.8, 4) is 0 Å². The standard InChI is InChI=1S/C11H17N3O/c1-3-4-9(12)11(15)14-10-7-13-6-5-8(10)2/h5-7,9H,3-4,12H2,1-2H3,(H,14,15). The average molecular weight is 207 g/mol. The Morgan fingerprint density at radius 3 is 3.00 bits per heavy atom. The van der Waals surface area contributed by atoms with Gasteiger partial charge in [-0.3, -0.25) is 9.78 Å². The number of nitrogens with two attached hydrogens (primary N) is 1. The average Bonchev–Trinajstić information content (AvgIpc) is 2.21. The van der Waals surface area contributed by atoms with Crippen LogP contribution in [0.15, 0.2) is 18.5 Å². The molecule has 0 spiro atoms. The number of anilines is 1. The van der Waals surface area contributed by atoms with Crippen molar-refractivity contribution >= 4 is 11.6 Å². The summed E-state index contributed by atoms with van der Waals surface area (Å²) in [6.07, 6.45) is 4.93. The minimum Gasteiger partial charge on any atom is -0.323 e. The number of nitrogens with zero attached hydrogens (tertiary/aromatic N) is 1. The maximum absolute atomic E-state index is 11.6.